The quantitative estimate of drug-likeness (QED) is 0.267. The van der Waals surface area contributed by atoms with Crippen molar-refractivity contribution in [1.82, 2.24) is 0 Å². The highest BCUT2D eigenvalue weighted by Gasteiger charge is 2.14. The van der Waals surface area contributed by atoms with E-state index in [0.717, 1.165) is 43.7 Å². The van der Waals surface area contributed by atoms with Gasteiger partial charge < -0.3 is 14.4 Å². The fourth-order valence-electron chi connectivity index (χ4n) is 4.30. The molecule has 0 saturated carbocycles. The first-order valence-corrected chi connectivity index (χ1v) is 12.7. The van der Waals surface area contributed by atoms with E-state index >= 15 is 0 Å². The van der Waals surface area contributed by atoms with Gasteiger partial charge in [-0.05, 0) is 80.5 Å². The molecule has 0 heterocycles. The van der Waals surface area contributed by atoms with E-state index in [1.807, 2.05) is 13.0 Å². The second kappa shape index (κ2) is 13.0. The third kappa shape index (κ3) is 7.61. The predicted octanol–water partition coefficient (Wildman–Crippen LogP) is 6.95. The molecule has 0 spiro atoms. The van der Waals surface area contributed by atoms with Crippen molar-refractivity contribution in [3.8, 4) is 5.75 Å². The van der Waals surface area contributed by atoms with Crippen molar-refractivity contribution in [2.75, 3.05) is 24.7 Å². The van der Waals surface area contributed by atoms with Gasteiger partial charge in [0.2, 0.25) is 0 Å². The Morgan fingerprint density at radius 1 is 0.914 bits per heavy atom. The molecule has 35 heavy (non-hydrogen) atoms. The summed E-state index contributed by atoms with van der Waals surface area (Å²) in [5.74, 6) is 0.376. The normalized spacial score (nSPS) is 10.8. The Hall–Kier alpha value is -3.27. The highest BCUT2D eigenvalue weighted by molar-refractivity contribution is 5.71. The summed E-state index contributed by atoms with van der Waals surface area (Å²) in [6.07, 6.45) is 3.23. The lowest BCUT2D eigenvalue weighted by Gasteiger charge is -2.28. The molecule has 0 bridgehead atoms. The van der Waals surface area contributed by atoms with Crippen molar-refractivity contribution < 1.29 is 14.3 Å². The molecule has 4 heteroatoms. The number of hydrogen-bond donors (Lipinski definition) is 0. The SMILES string of the molecule is CCCCN(Cc1ccc(OCC(=O)OCC)c(C)c1)c1cccc(Cc2ccc(C)cc2)c1C. The minimum Gasteiger partial charge on any atom is -0.482 e. The molecule has 186 valence electrons. The van der Waals surface area contributed by atoms with Crippen LogP contribution in [-0.2, 0) is 22.5 Å². The first kappa shape index (κ1) is 26.3. The maximum absolute atomic E-state index is 11.6. The summed E-state index contributed by atoms with van der Waals surface area (Å²) in [5, 5.41) is 0. The van der Waals surface area contributed by atoms with Crippen molar-refractivity contribution in [2.24, 2.45) is 0 Å². The Morgan fingerprint density at radius 3 is 2.34 bits per heavy atom. The lowest BCUT2D eigenvalue weighted by Crippen LogP contribution is -2.25. The van der Waals surface area contributed by atoms with Gasteiger partial charge in [-0.15, -0.1) is 0 Å². The van der Waals surface area contributed by atoms with Gasteiger partial charge in [-0.3, -0.25) is 0 Å². The van der Waals surface area contributed by atoms with Crippen LogP contribution in [0.15, 0.2) is 60.7 Å². The van der Waals surface area contributed by atoms with Crippen molar-refractivity contribution in [3.05, 3.63) is 94.0 Å². The van der Waals surface area contributed by atoms with Crippen molar-refractivity contribution in [1.29, 1.82) is 0 Å². The lowest BCUT2D eigenvalue weighted by molar-refractivity contribution is -0.145. The summed E-state index contributed by atoms with van der Waals surface area (Å²) in [4.78, 5) is 14.1. The van der Waals surface area contributed by atoms with Gasteiger partial charge in [-0.1, -0.05) is 67.4 Å². The number of rotatable bonds is 12. The molecule has 3 aromatic rings. The Labute approximate surface area is 210 Å². The molecule has 0 atom stereocenters. The third-order valence-corrected chi connectivity index (χ3v) is 6.32. The number of anilines is 1. The van der Waals surface area contributed by atoms with Crippen LogP contribution in [0.5, 0.6) is 5.75 Å². The van der Waals surface area contributed by atoms with E-state index in [-0.39, 0.29) is 12.6 Å². The van der Waals surface area contributed by atoms with Crippen LogP contribution in [0.25, 0.3) is 0 Å². The molecule has 0 amide bonds. The lowest BCUT2D eigenvalue weighted by atomic mass is 9.98. The van der Waals surface area contributed by atoms with Crippen LogP contribution in [0.3, 0.4) is 0 Å². The first-order chi connectivity index (χ1) is 16.9. The Kier molecular flexibility index (Phi) is 9.77. The molecule has 0 fully saturated rings. The maximum atomic E-state index is 11.6. The smallest absolute Gasteiger partial charge is 0.344 e. The Balaban J connectivity index is 1.78. The van der Waals surface area contributed by atoms with Gasteiger partial charge in [-0.2, -0.15) is 0 Å². The number of unbranched alkanes of at least 4 members (excludes halogenated alkanes) is 1. The average Bonchev–Trinajstić information content (AvgIpc) is 2.84. The number of ether oxygens (including phenoxy) is 2. The molecule has 0 aromatic heterocycles. The largest absolute Gasteiger partial charge is 0.482 e. The molecule has 3 aromatic carbocycles. The van der Waals surface area contributed by atoms with Gasteiger partial charge in [0.1, 0.15) is 5.75 Å². The molecule has 0 aliphatic carbocycles. The fraction of sp³-hybridized carbons (Fsp3) is 0.387. The third-order valence-electron chi connectivity index (χ3n) is 6.32. The second-order valence-corrected chi connectivity index (χ2v) is 9.19. The van der Waals surface area contributed by atoms with Crippen LogP contribution in [0.4, 0.5) is 5.69 Å². The standard InChI is InChI=1S/C31H39NO3/c1-6-8-18-32(21-27-16-17-30(24(4)19-27)35-22-31(33)34-7-2)29-11-9-10-28(25(29)5)20-26-14-12-23(3)13-15-26/h9-17,19H,6-8,18,20-22H2,1-5H3. The van der Waals surface area contributed by atoms with E-state index in [0.29, 0.717) is 6.61 Å². The second-order valence-electron chi connectivity index (χ2n) is 9.19. The zero-order valence-electron chi connectivity index (χ0n) is 21.9. The molecule has 0 N–H and O–H groups in total. The topological polar surface area (TPSA) is 38.8 Å². The molecule has 0 aliphatic heterocycles. The van der Waals surface area contributed by atoms with Gasteiger partial charge in [0.05, 0.1) is 6.61 Å². The highest BCUT2D eigenvalue weighted by Crippen LogP contribution is 2.28. The zero-order valence-corrected chi connectivity index (χ0v) is 21.9. The minimum atomic E-state index is -0.345. The summed E-state index contributed by atoms with van der Waals surface area (Å²) in [6.45, 7) is 12.5. The van der Waals surface area contributed by atoms with Gasteiger partial charge >= 0.3 is 5.97 Å². The van der Waals surface area contributed by atoms with Gasteiger partial charge in [0.15, 0.2) is 6.61 Å². The Morgan fingerprint density at radius 2 is 1.66 bits per heavy atom. The number of nitrogens with zero attached hydrogens (tertiary/aromatic N) is 1. The van der Waals surface area contributed by atoms with Crippen molar-refractivity contribution in [3.63, 3.8) is 0 Å². The monoisotopic (exact) mass is 473 g/mol. The van der Waals surface area contributed by atoms with E-state index < -0.39 is 0 Å². The van der Waals surface area contributed by atoms with Crippen molar-refractivity contribution in [2.45, 2.75) is 60.4 Å². The summed E-state index contributed by atoms with van der Waals surface area (Å²) in [6, 6.07) is 21.7. The van der Waals surface area contributed by atoms with E-state index in [1.54, 1.807) is 6.92 Å². The highest BCUT2D eigenvalue weighted by atomic mass is 16.6. The van der Waals surface area contributed by atoms with E-state index in [2.05, 4.69) is 80.3 Å². The maximum Gasteiger partial charge on any atom is 0.344 e. The summed E-state index contributed by atoms with van der Waals surface area (Å²) in [7, 11) is 0. The van der Waals surface area contributed by atoms with Crippen LogP contribution in [0.2, 0.25) is 0 Å². The van der Waals surface area contributed by atoms with Crippen LogP contribution in [0.1, 0.15) is 60.1 Å². The summed E-state index contributed by atoms with van der Waals surface area (Å²) < 4.78 is 10.6. The zero-order chi connectivity index (χ0) is 25.2. The van der Waals surface area contributed by atoms with Gasteiger partial charge in [0.25, 0.3) is 0 Å². The average molecular weight is 474 g/mol. The fourth-order valence-corrected chi connectivity index (χ4v) is 4.30. The molecule has 0 saturated heterocycles. The van der Waals surface area contributed by atoms with Crippen LogP contribution in [0, 0.1) is 20.8 Å². The van der Waals surface area contributed by atoms with Crippen molar-refractivity contribution >= 4 is 11.7 Å². The Bertz CT molecular complexity index is 1100. The molecular weight excluding hydrogens is 434 g/mol. The van der Waals surface area contributed by atoms with E-state index in [1.165, 1.54) is 33.5 Å². The van der Waals surface area contributed by atoms with Crippen LogP contribution < -0.4 is 9.64 Å². The van der Waals surface area contributed by atoms with Gasteiger partial charge in [-0.25, -0.2) is 4.79 Å². The number of hydrogen-bond acceptors (Lipinski definition) is 4. The minimum absolute atomic E-state index is 0.0659. The van der Waals surface area contributed by atoms with Crippen LogP contribution >= 0.6 is 0 Å². The van der Waals surface area contributed by atoms with Gasteiger partial charge in [0, 0.05) is 18.8 Å². The number of carbonyl (C=O) groups excluding carboxylic acids is 1. The molecule has 3 rings (SSSR count). The molecule has 4 nitrogen and oxygen atoms in total. The summed E-state index contributed by atoms with van der Waals surface area (Å²) >= 11 is 0. The summed E-state index contributed by atoms with van der Waals surface area (Å²) in [5.41, 5.74) is 8.88. The van der Waals surface area contributed by atoms with E-state index in [9.17, 15) is 4.79 Å². The van der Waals surface area contributed by atoms with E-state index in [4.69, 9.17) is 9.47 Å². The number of aryl methyl sites for hydroxylation is 2. The molecular formula is C31H39NO3. The number of benzene rings is 3. The van der Waals surface area contributed by atoms with Crippen LogP contribution in [-0.4, -0.2) is 25.7 Å². The molecule has 0 unspecified atom stereocenters. The molecule has 0 radical (unpaired) electrons. The number of carbonyl (C=O) groups is 1. The predicted molar refractivity (Wildman–Crippen MR) is 144 cm³/mol. The first-order valence-electron chi connectivity index (χ1n) is 12.7. The molecule has 0 aliphatic rings. The number of esters is 1.